The molecular weight excluding hydrogens is 271 g/mol. The molecule has 0 spiro atoms. The summed E-state index contributed by atoms with van der Waals surface area (Å²) < 4.78 is 19.2. The molecule has 0 saturated carbocycles. The monoisotopic (exact) mass is 292 g/mol. The number of nitrogens with zero attached hydrogens (tertiary/aromatic N) is 1. The highest BCUT2D eigenvalue weighted by atomic mass is 19.1. The van der Waals surface area contributed by atoms with Crippen molar-refractivity contribution in [3.05, 3.63) is 35.1 Å². The molecule has 2 N–H and O–H groups in total. The van der Waals surface area contributed by atoms with Gasteiger partial charge in [-0.25, -0.2) is 4.39 Å². The summed E-state index contributed by atoms with van der Waals surface area (Å²) >= 11 is 0. The number of nitrogens with two attached hydrogens (primary N) is 1. The average Bonchev–Trinajstić information content (AvgIpc) is 2.45. The van der Waals surface area contributed by atoms with E-state index in [1.165, 1.54) is 23.1 Å². The molecule has 5 heteroatoms. The van der Waals surface area contributed by atoms with Gasteiger partial charge in [-0.1, -0.05) is 11.8 Å². The number of amides is 1. The Morgan fingerprint density at radius 3 is 2.81 bits per heavy atom. The van der Waals surface area contributed by atoms with Gasteiger partial charge in [-0.2, -0.15) is 0 Å². The highest BCUT2D eigenvalue weighted by Crippen LogP contribution is 2.12. The molecule has 21 heavy (non-hydrogen) atoms. The van der Waals surface area contributed by atoms with Crippen molar-refractivity contribution in [2.24, 2.45) is 5.73 Å². The molecule has 1 amide bonds. The fourth-order valence-electron chi connectivity index (χ4n) is 1.65. The molecule has 0 saturated heterocycles. The first-order valence-electron chi connectivity index (χ1n) is 6.81. The lowest BCUT2D eigenvalue weighted by Crippen LogP contribution is -2.31. The van der Waals surface area contributed by atoms with Crippen molar-refractivity contribution in [3.63, 3.8) is 0 Å². The number of benzene rings is 1. The van der Waals surface area contributed by atoms with Gasteiger partial charge in [0.05, 0.1) is 24.8 Å². The van der Waals surface area contributed by atoms with Crippen LogP contribution in [0.1, 0.15) is 29.8 Å². The molecule has 4 nitrogen and oxygen atoms in total. The van der Waals surface area contributed by atoms with Crippen LogP contribution in [0.4, 0.5) is 4.39 Å². The number of likely N-dealkylation sites (N-methyl/N-ethyl adjacent to an activating group) is 1. The van der Waals surface area contributed by atoms with Crippen LogP contribution in [0.3, 0.4) is 0 Å². The fourth-order valence-corrected chi connectivity index (χ4v) is 1.65. The van der Waals surface area contributed by atoms with Crippen LogP contribution in [0, 0.1) is 17.7 Å². The molecule has 0 unspecified atom stereocenters. The van der Waals surface area contributed by atoms with Crippen LogP contribution in [-0.4, -0.2) is 43.7 Å². The molecule has 0 aliphatic rings. The lowest BCUT2D eigenvalue weighted by molar-refractivity contribution is 0.0529. The Kier molecular flexibility index (Phi) is 6.86. The third-order valence-electron chi connectivity index (χ3n) is 2.76. The van der Waals surface area contributed by atoms with Crippen LogP contribution in [0.5, 0.6) is 0 Å². The highest BCUT2D eigenvalue weighted by Gasteiger charge is 2.16. The molecular formula is C16H21FN2O2. The molecule has 1 aromatic carbocycles. The van der Waals surface area contributed by atoms with Gasteiger partial charge in [0.1, 0.15) is 5.82 Å². The maximum Gasteiger partial charge on any atom is 0.256 e. The van der Waals surface area contributed by atoms with Crippen LogP contribution in [0.25, 0.3) is 0 Å². The van der Waals surface area contributed by atoms with E-state index in [0.29, 0.717) is 18.7 Å². The van der Waals surface area contributed by atoms with E-state index in [1.54, 1.807) is 7.05 Å². The van der Waals surface area contributed by atoms with E-state index >= 15 is 0 Å². The second-order valence-electron chi connectivity index (χ2n) is 4.85. The zero-order valence-electron chi connectivity index (χ0n) is 12.6. The molecule has 0 aromatic heterocycles. The van der Waals surface area contributed by atoms with Crippen LogP contribution in [0.15, 0.2) is 18.2 Å². The van der Waals surface area contributed by atoms with E-state index in [0.717, 1.165) is 0 Å². The zero-order chi connectivity index (χ0) is 15.8. The second kappa shape index (κ2) is 8.40. The molecule has 0 atom stereocenters. The zero-order valence-corrected chi connectivity index (χ0v) is 12.6. The summed E-state index contributed by atoms with van der Waals surface area (Å²) in [5.74, 6) is 4.51. The Hall–Kier alpha value is -1.90. The van der Waals surface area contributed by atoms with Crippen LogP contribution >= 0.6 is 0 Å². The lowest BCUT2D eigenvalue weighted by Gasteiger charge is -2.18. The van der Waals surface area contributed by atoms with E-state index in [1.807, 2.05) is 13.8 Å². The highest BCUT2D eigenvalue weighted by molar-refractivity contribution is 5.94. The molecule has 0 aliphatic heterocycles. The van der Waals surface area contributed by atoms with Crippen molar-refractivity contribution in [2.45, 2.75) is 20.0 Å². The molecule has 1 rings (SSSR count). The Morgan fingerprint density at radius 1 is 1.48 bits per heavy atom. The average molecular weight is 292 g/mol. The van der Waals surface area contributed by atoms with Gasteiger partial charge in [0.15, 0.2) is 0 Å². The number of ether oxygens (including phenoxy) is 1. The number of halogens is 1. The normalized spacial score (nSPS) is 10.2. The van der Waals surface area contributed by atoms with Gasteiger partial charge in [0.25, 0.3) is 5.91 Å². The van der Waals surface area contributed by atoms with Crippen LogP contribution in [-0.2, 0) is 4.74 Å². The maximum absolute atomic E-state index is 13.8. The van der Waals surface area contributed by atoms with Crippen molar-refractivity contribution in [2.75, 3.05) is 26.7 Å². The van der Waals surface area contributed by atoms with Gasteiger partial charge in [-0.15, -0.1) is 0 Å². The van der Waals surface area contributed by atoms with Crippen molar-refractivity contribution in [3.8, 4) is 11.8 Å². The predicted molar refractivity (Wildman–Crippen MR) is 80.4 cm³/mol. The third-order valence-corrected chi connectivity index (χ3v) is 2.76. The summed E-state index contributed by atoms with van der Waals surface area (Å²) in [7, 11) is 1.61. The number of carbonyl (C=O) groups excluding carboxylic acids is 1. The fraction of sp³-hybridized carbons (Fsp3) is 0.438. The summed E-state index contributed by atoms with van der Waals surface area (Å²) in [5, 5.41) is 0. The maximum atomic E-state index is 13.8. The second-order valence-corrected chi connectivity index (χ2v) is 4.85. The largest absolute Gasteiger partial charge is 0.377 e. The van der Waals surface area contributed by atoms with Gasteiger partial charge >= 0.3 is 0 Å². The van der Waals surface area contributed by atoms with E-state index in [2.05, 4.69) is 11.8 Å². The lowest BCUT2D eigenvalue weighted by atomic mass is 10.1. The molecule has 0 radical (unpaired) electrons. The van der Waals surface area contributed by atoms with Crippen molar-refractivity contribution in [1.29, 1.82) is 0 Å². The van der Waals surface area contributed by atoms with Gasteiger partial charge < -0.3 is 15.4 Å². The first-order valence-corrected chi connectivity index (χ1v) is 6.81. The van der Waals surface area contributed by atoms with Crippen molar-refractivity contribution in [1.82, 2.24) is 4.90 Å². The number of hydrogen-bond donors (Lipinski definition) is 1. The first kappa shape index (κ1) is 17.2. The summed E-state index contributed by atoms with van der Waals surface area (Å²) in [5.41, 5.74) is 5.87. The van der Waals surface area contributed by atoms with E-state index < -0.39 is 11.7 Å². The third kappa shape index (κ3) is 5.54. The van der Waals surface area contributed by atoms with E-state index in [-0.39, 0.29) is 18.2 Å². The molecule has 114 valence electrons. The molecule has 0 heterocycles. The van der Waals surface area contributed by atoms with Gasteiger partial charge in [-0.3, -0.25) is 4.79 Å². The minimum atomic E-state index is -0.560. The standard InChI is InChI=1S/C16H21FN2O2/c1-12(2)21-10-9-19(3)16(20)14-11-13(5-4-8-18)6-7-15(14)17/h6-7,11-12H,8-10,18H2,1-3H3. The summed E-state index contributed by atoms with van der Waals surface area (Å²) in [6.45, 7) is 4.86. The number of hydrogen-bond acceptors (Lipinski definition) is 3. The quantitative estimate of drug-likeness (QED) is 0.839. The first-order chi connectivity index (χ1) is 9.95. The molecule has 0 fully saturated rings. The van der Waals surface area contributed by atoms with Gasteiger partial charge in [-0.05, 0) is 32.0 Å². The Morgan fingerprint density at radius 2 is 2.19 bits per heavy atom. The van der Waals surface area contributed by atoms with Crippen molar-refractivity contribution < 1.29 is 13.9 Å². The van der Waals surface area contributed by atoms with Gasteiger partial charge in [0, 0.05) is 19.2 Å². The Labute approximate surface area is 125 Å². The van der Waals surface area contributed by atoms with Gasteiger partial charge in [0.2, 0.25) is 0 Å². The Bertz CT molecular complexity index is 547. The van der Waals surface area contributed by atoms with Crippen LogP contribution < -0.4 is 5.73 Å². The SMILES string of the molecule is CC(C)OCCN(C)C(=O)c1cc(C#CCN)ccc1F. The van der Waals surface area contributed by atoms with Crippen molar-refractivity contribution >= 4 is 5.91 Å². The van der Waals surface area contributed by atoms with E-state index in [9.17, 15) is 9.18 Å². The summed E-state index contributed by atoms with van der Waals surface area (Å²) in [6, 6.07) is 4.21. The predicted octanol–water partition coefficient (Wildman–Crippen LogP) is 1.63. The van der Waals surface area contributed by atoms with Crippen LogP contribution in [0.2, 0.25) is 0 Å². The number of rotatable bonds is 5. The number of carbonyl (C=O) groups is 1. The molecule has 0 aliphatic carbocycles. The summed E-state index contributed by atoms with van der Waals surface area (Å²) in [6.07, 6.45) is 0.0973. The molecule has 1 aromatic rings. The minimum absolute atomic E-state index is 0.00543. The minimum Gasteiger partial charge on any atom is -0.377 e. The van der Waals surface area contributed by atoms with E-state index in [4.69, 9.17) is 10.5 Å². The topological polar surface area (TPSA) is 55.6 Å². The Balaban J connectivity index is 2.80. The molecule has 0 bridgehead atoms. The smallest absolute Gasteiger partial charge is 0.256 e. The summed E-state index contributed by atoms with van der Waals surface area (Å²) in [4.78, 5) is 13.7.